The van der Waals surface area contributed by atoms with E-state index in [2.05, 4.69) is 0 Å². The van der Waals surface area contributed by atoms with Gasteiger partial charge in [-0.05, 0) is 49.9 Å². The summed E-state index contributed by atoms with van der Waals surface area (Å²) >= 11 is 0. The molecule has 0 aromatic heterocycles. The van der Waals surface area contributed by atoms with Gasteiger partial charge in [-0.3, -0.25) is 14.9 Å². The third-order valence-corrected chi connectivity index (χ3v) is 4.07. The third-order valence-electron chi connectivity index (χ3n) is 4.07. The Morgan fingerprint density at radius 2 is 1.96 bits per heavy atom. The van der Waals surface area contributed by atoms with Crippen molar-refractivity contribution in [1.29, 1.82) is 0 Å². The van der Waals surface area contributed by atoms with Crippen molar-refractivity contribution >= 4 is 11.7 Å². The second kappa shape index (κ2) is 7.79. The van der Waals surface area contributed by atoms with Gasteiger partial charge in [-0.15, -0.1) is 0 Å². The molecule has 0 amide bonds. The van der Waals surface area contributed by atoms with E-state index < -0.39 is 16.8 Å². The van der Waals surface area contributed by atoms with Gasteiger partial charge in [-0.25, -0.2) is 0 Å². The Balaban J connectivity index is 2.40. The molecule has 0 heterocycles. The molecule has 2 aromatic rings. The van der Waals surface area contributed by atoms with Gasteiger partial charge in [0, 0.05) is 6.07 Å². The van der Waals surface area contributed by atoms with Crippen molar-refractivity contribution in [2.24, 2.45) is 0 Å². The lowest BCUT2D eigenvalue weighted by Crippen LogP contribution is -2.16. The fourth-order valence-corrected chi connectivity index (χ4v) is 2.81. The van der Waals surface area contributed by atoms with E-state index in [-0.39, 0.29) is 17.9 Å². The zero-order valence-corrected chi connectivity index (χ0v) is 14.5. The smallest absolute Gasteiger partial charge is 0.311 e. The van der Waals surface area contributed by atoms with E-state index in [4.69, 9.17) is 4.74 Å². The van der Waals surface area contributed by atoms with Gasteiger partial charge in [0.05, 0.1) is 17.4 Å². The van der Waals surface area contributed by atoms with E-state index in [1.165, 1.54) is 12.1 Å². The third kappa shape index (κ3) is 4.35. The first-order chi connectivity index (χ1) is 11.8. The van der Waals surface area contributed by atoms with Crippen LogP contribution in [0, 0.1) is 24.0 Å². The summed E-state index contributed by atoms with van der Waals surface area (Å²) in [6.45, 7) is 5.84. The number of aryl methyl sites for hydroxylation is 2. The summed E-state index contributed by atoms with van der Waals surface area (Å²) < 4.78 is 5.27. The fourth-order valence-electron chi connectivity index (χ4n) is 2.81. The van der Waals surface area contributed by atoms with Crippen molar-refractivity contribution < 1.29 is 19.6 Å². The lowest BCUT2D eigenvalue weighted by atomic mass is 9.88. The highest BCUT2D eigenvalue weighted by Crippen LogP contribution is 2.31. The van der Waals surface area contributed by atoms with Crippen LogP contribution in [0.5, 0.6) is 5.75 Å². The maximum absolute atomic E-state index is 11.8. The highest BCUT2D eigenvalue weighted by Gasteiger charge is 2.24. The molecule has 0 saturated carbocycles. The number of nitro groups is 1. The fraction of sp³-hybridized carbons (Fsp3) is 0.316. The van der Waals surface area contributed by atoms with Crippen molar-refractivity contribution in [3.05, 3.63) is 68.8 Å². The van der Waals surface area contributed by atoms with Gasteiger partial charge in [-0.2, -0.15) is 0 Å². The molecule has 0 saturated heterocycles. The zero-order valence-electron chi connectivity index (χ0n) is 14.5. The molecule has 2 aromatic carbocycles. The molecule has 0 aliphatic rings. The van der Waals surface area contributed by atoms with Crippen molar-refractivity contribution in [3.8, 4) is 5.75 Å². The van der Waals surface area contributed by atoms with E-state index >= 15 is 0 Å². The average molecular weight is 343 g/mol. The van der Waals surface area contributed by atoms with Gasteiger partial charge in [-0.1, -0.05) is 29.8 Å². The number of aliphatic carboxylic acids is 1. The van der Waals surface area contributed by atoms with Gasteiger partial charge in [0.2, 0.25) is 0 Å². The molecule has 132 valence electrons. The maximum atomic E-state index is 11.8. The molecule has 6 heteroatoms. The van der Waals surface area contributed by atoms with Gasteiger partial charge in [0.25, 0.3) is 0 Å². The zero-order chi connectivity index (χ0) is 18.6. The molecule has 1 N–H and O–H groups in total. The number of benzene rings is 2. The number of nitro benzene ring substituents is 1. The molecule has 0 radical (unpaired) electrons. The summed E-state index contributed by atoms with van der Waals surface area (Å²) in [5, 5.41) is 20.9. The number of hydrogen-bond donors (Lipinski definition) is 1. The molecule has 0 fully saturated rings. The number of ether oxygens (including phenoxy) is 1. The Morgan fingerprint density at radius 3 is 2.56 bits per heavy atom. The molecule has 1 unspecified atom stereocenters. The molecule has 2 rings (SSSR count). The molecular weight excluding hydrogens is 322 g/mol. The second-order valence-electron chi connectivity index (χ2n) is 5.95. The highest BCUT2D eigenvalue weighted by atomic mass is 16.6. The first-order valence-corrected chi connectivity index (χ1v) is 8.03. The predicted octanol–water partition coefficient (Wildman–Crippen LogP) is 4.02. The minimum atomic E-state index is -0.953. The van der Waals surface area contributed by atoms with Crippen LogP contribution >= 0.6 is 0 Å². The predicted molar refractivity (Wildman–Crippen MR) is 94.3 cm³/mol. The Labute approximate surface area is 146 Å². The van der Waals surface area contributed by atoms with E-state index in [1.807, 2.05) is 32.0 Å². The normalized spacial score (nSPS) is 11.8. The van der Waals surface area contributed by atoms with Crippen LogP contribution in [0.15, 0.2) is 36.4 Å². The quantitative estimate of drug-likeness (QED) is 0.606. The molecule has 0 aliphatic carbocycles. The molecule has 0 bridgehead atoms. The number of carboxylic acid groups (broad SMARTS) is 1. The van der Waals surface area contributed by atoms with Crippen molar-refractivity contribution in [3.63, 3.8) is 0 Å². The summed E-state index contributed by atoms with van der Waals surface area (Å²) in [6, 6.07) is 10.3. The van der Waals surface area contributed by atoms with Gasteiger partial charge >= 0.3 is 11.7 Å². The minimum absolute atomic E-state index is 0.149. The lowest BCUT2D eigenvalue weighted by Gasteiger charge is -2.16. The van der Waals surface area contributed by atoms with Crippen LogP contribution in [0.2, 0.25) is 0 Å². The first kappa shape index (κ1) is 18.4. The SMILES string of the molecule is CCOc1ccc(CC(C(=O)O)c2cc(C)ccc2C)cc1[N+](=O)[O-]. The molecule has 1 atom stereocenters. The summed E-state index contributed by atoms with van der Waals surface area (Å²) in [6.07, 6.45) is 0.173. The summed E-state index contributed by atoms with van der Waals surface area (Å²) in [5.74, 6) is -1.53. The second-order valence-corrected chi connectivity index (χ2v) is 5.95. The Bertz CT molecular complexity index is 800. The number of hydrogen-bond acceptors (Lipinski definition) is 4. The van der Waals surface area contributed by atoms with Crippen LogP contribution in [0.25, 0.3) is 0 Å². The van der Waals surface area contributed by atoms with Crippen LogP contribution in [0.1, 0.15) is 35.1 Å². The van der Waals surface area contributed by atoms with Crippen LogP contribution in [0.4, 0.5) is 5.69 Å². The Morgan fingerprint density at radius 1 is 1.24 bits per heavy atom. The first-order valence-electron chi connectivity index (χ1n) is 8.03. The van der Waals surface area contributed by atoms with E-state index in [1.54, 1.807) is 13.0 Å². The molecular formula is C19H21NO5. The van der Waals surface area contributed by atoms with Crippen LogP contribution in [-0.2, 0) is 11.2 Å². The number of carboxylic acids is 1. The lowest BCUT2D eigenvalue weighted by molar-refractivity contribution is -0.385. The summed E-state index contributed by atoms with van der Waals surface area (Å²) in [4.78, 5) is 22.5. The molecule has 25 heavy (non-hydrogen) atoms. The molecule has 0 spiro atoms. The van der Waals surface area contributed by atoms with Gasteiger partial charge < -0.3 is 9.84 Å². The largest absolute Gasteiger partial charge is 0.487 e. The highest BCUT2D eigenvalue weighted by molar-refractivity contribution is 5.77. The van der Waals surface area contributed by atoms with E-state index in [0.717, 1.165) is 16.7 Å². The van der Waals surface area contributed by atoms with Gasteiger partial charge in [0.1, 0.15) is 0 Å². The maximum Gasteiger partial charge on any atom is 0.311 e. The van der Waals surface area contributed by atoms with Gasteiger partial charge in [0.15, 0.2) is 5.75 Å². The molecule has 0 aliphatic heterocycles. The molecule has 6 nitrogen and oxygen atoms in total. The van der Waals surface area contributed by atoms with Crippen LogP contribution < -0.4 is 4.74 Å². The minimum Gasteiger partial charge on any atom is -0.487 e. The number of carbonyl (C=O) groups is 1. The summed E-state index contributed by atoms with van der Waals surface area (Å²) in [7, 11) is 0. The monoisotopic (exact) mass is 343 g/mol. The number of nitrogens with zero attached hydrogens (tertiary/aromatic N) is 1. The summed E-state index contributed by atoms with van der Waals surface area (Å²) in [5.41, 5.74) is 3.03. The van der Waals surface area contributed by atoms with Crippen molar-refractivity contribution in [2.45, 2.75) is 33.1 Å². The average Bonchev–Trinajstić information content (AvgIpc) is 2.56. The Kier molecular flexibility index (Phi) is 5.75. The van der Waals surface area contributed by atoms with Crippen LogP contribution in [0.3, 0.4) is 0 Å². The standard InChI is InChI=1S/C19H21NO5/c1-4-25-18-8-7-14(11-17(18)20(23)24)10-16(19(21)22)15-9-12(2)5-6-13(15)3/h5-9,11,16H,4,10H2,1-3H3,(H,21,22). The van der Waals surface area contributed by atoms with E-state index in [0.29, 0.717) is 12.2 Å². The van der Waals surface area contributed by atoms with Crippen molar-refractivity contribution in [2.75, 3.05) is 6.61 Å². The van der Waals surface area contributed by atoms with E-state index in [9.17, 15) is 20.0 Å². The number of rotatable bonds is 7. The van der Waals surface area contributed by atoms with Crippen LogP contribution in [-0.4, -0.2) is 22.6 Å². The van der Waals surface area contributed by atoms with Crippen molar-refractivity contribution in [1.82, 2.24) is 0 Å². The topological polar surface area (TPSA) is 89.7 Å². The Hall–Kier alpha value is -2.89.